The first-order valence-electron chi connectivity index (χ1n) is 6.87. The van der Waals surface area contributed by atoms with E-state index in [1.54, 1.807) is 0 Å². The standard InChI is InChI=1S/C14H22O5/c1-3-4-5-6-10-11(15)7-8-12(10)19-14(17)9-13(16)18-2/h10,12H,3-9H2,1-2H3. The summed E-state index contributed by atoms with van der Waals surface area (Å²) in [5, 5.41) is 0. The normalized spacial score (nSPS) is 22.3. The van der Waals surface area contributed by atoms with E-state index in [0.29, 0.717) is 12.8 Å². The third-order valence-corrected chi connectivity index (χ3v) is 3.46. The molecular formula is C14H22O5. The van der Waals surface area contributed by atoms with E-state index < -0.39 is 11.9 Å². The first kappa shape index (κ1) is 15.7. The van der Waals surface area contributed by atoms with Gasteiger partial charge in [0.05, 0.1) is 13.0 Å². The van der Waals surface area contributed by atoms with Crippen LogP contribution in [0.1, 0.15) is 51.9 Å². The molecule has 0 radical (unpaired) electrons. The first-order chi connectivity index (χ1) is 9.08. The lowest BCUT2D eigenvalue weighted by Gasteiger charge is -2.18. The Labute approximate surface area is 113 Å². The lowest BCUT2D eigenvalue weighted by atomic mass is 9.97. The minimum absolute atomic E-state index is 0.173. The van der Waals surface area contributed by atoms with Crippen molar-refractivity contribution in [1.82, 2.24) is 0 Å². The number of methoxy groups -OCH3 is 1. The topological polar surface area (TPSA) is 69.7 Å². The van der Waals surface area contributed by atoms with Crippen LogP contribution in [0.2, 0.25) is 0 Å². The summed E-state index contributed by atoms with van der Waals surface area (Å²) in [5.74, 6) is -1.23. The molecule has 1 aliphatic rings. The number of hydrogen-bond donors (Lipinski definition) is 0. The number of ketones is 1. The van der Waals surface area contributed by atoms with Crippen LogP contribution in [0.5, 0.6) is 0 Å². The summed E-state index contributed by atoms with van der Waals surface area (Å²) < 4.78 is 9.64. The van der Waals surface area contributed by atoms with Gasteiger partial charge in [0.2, 0.25) is 0 Å². The Balaban J connectivity index is 2.44. The SMILES string of the molecule is CCCCCC1C(=O)CCC1OC(=O)CC(=O)OC. The molecule has 0 aliphatic heterocycles. The zero-order chi connectivity index (χ0) is 14.3. The maximum atomic E-state index is 11.8. The van der Waals surface area contributed by atoms with Crippen LogP contribution in [0.25, 0.3) is 0 Å². The number of carbonyl (C=O) groups is 3. The average Bonchev–Trinajstić information content (AvgIpc) is 2.71. The molecule has 2 atom stereocenters. The Morgan fingerprint density at radius 1 is 1.26 bits per heavy atom. The van der Waals surface area contributed by atoms with Crippen LogP contribution in [0.3, 0.4) is 0 Å². The molecule has 5 nitrogen and oxygen atoms in total. The van der Waals surface area contributed by atoms with E-state index in [4.69, 9.17) is 4.74 Å². The molecule has 0 aromatic carbocycles. The van der Waals surface area contributed by atoms with Crippen molar-refractivity contribution in [2.75, 3.05) is 7.11 Å². The highest BCUT2D eigenvalue weighted by Crippen LogP contribution is 2.29. The van der Waals surface area contributed by atoms with Crippen LogP contribution < -0.4 is 0 Å². The Morgan fingerprint density at radius 3 is 2.63 bits per heavy atom. The maximum Gasteiger partial charge on any atom is 0.317 e. The van der Waals surface area contributed by atoms with Gasteiger partial charge in [0.1, 0.15) is 18.3 Å². The van der Waals surface area contributed by atoms with Crippen molar-refractivity contribution in [2.24, 2.45) is 5.92 Å². The van der Waals surface area contributed by atoms with E-state index in [1.165, 1.54) is 7.11 Å². The van der Waals surface area contributed by atoms with E-state index in [0.717, 1.165) is 25.7 Å². The van der Waals surface area contributed by atoms with Gasteiger partial charge in [0.15, 0.2) is 0 Å². The molecule has 0 aromatic heterocycles. The summed E-state index contributed by atoms with van der Waals surface area (Å²) >= 11 is 0. The highest BCUT2D eigenvalue weighted by molar-refractivity contribution is 5.91. The summed E-state index contributed by atoms with van der Waals surface area (Å²) in [4.78, 5) is 34.2. The highest BCUT2D eigenvalue weighted by atomic mass is 16.6. The lowest BCUT2D eigenvalue weighted by molar-refractivity contribution is -0.157. The average molecular weight is 270 g/mol. The minimum Gasteiger partial charge on any atom is -0.469 e. The van der Waals surface area contributed by atoms with Gasteiger partial charge in [-0.25, -0.2) is 0 Å². The summed E-state index contributed by atoms with van der Waals surface area (Å²) in [6.07, 6.45) is 4.20. The predicted molar refractivity (Wildman–Crippen MR) is 68.4 cm³/mol. The smallest absolute Gasteiger partial charge is 0.317 e. The summed E-state index contributed by atoms with van der Waals surface area (Å²) in [5.41, 5.74) is 0. The molecule has 2 unspecified atom stereocenters. The van der Waals surface area contributed by atoms with Crippen molar-refractivity contribution in [3.63, 3.8) is 0 Å². The van der Waals surface area contributed by atoms with Crippen LogP contribution in [0.4, 0.5) is 0 Å². The first-order valence-corrected chi connectivity index (χ1v) is 6.87. The molecule has 1 saturated carbocycles. The number of unbranched alkanes of at least 4 members (excludes halogenated alkanes) is 2. The van der Waals surface area contributed by atoms with Crippen molar-refractivity contribution in [1.29, 1.82) is 0 Å². The van der Waals surface area contributed by atoms with Gasteiger partial charge in [-0.05, 0) is 12.8 Å². The maximum absolute atomic E-state index is 11.8. The zero-order valence-corrected chi connectivity index (χ0v) is 11.6. The minimum atomic E-state index is -0.614. The van der Waals surface area contributed by atoms with Crippen molar-refractivity contribution in [2.45, 2.75) is 58.0 Å². The van der Waals surface area contributed by atoms with Gasteiger partial charge in [0.25, 0.3) is 0 Å². The second-order valence-corrected chi connectivity index (χ2v) is 4.89. The molecule has 0 aromatic rings. The van der Waals surface area contributed by atoms with E-state index >= 15 is 0 Å². The molecule has 0 bridgehead atoms. The molecular weight excluding hydrogens is 248 g/mol. The van der Waals surface area contributed by atoms with E-state index in [1.807, 2.05) is 0 Å². The molecule has 5 heteroatoms. The fourth-order valence-electron chi connectivity index (χ4n) is 2.38. The third kappa shape index (κ3) is 5.01. The lowest BCUT2D eigenvalue weighted by Crippen LogP contribution is -2.26. The number of Topliss-reactive ketones (excluding diaryl/α,β-unsaturated/α-hetero) is 1. The molecule has 0 amide bonds. The second kappa shape index (κ2) is 7.92. The third-order valence-electron chi connectivity index (χ3n) is 3.46. The largest absolute Gasteiger partial charge is 0.469 e. The van der Waals surface area contributed by atoms with Crippen molar-refractivity contribution >= 4 is 17.7 Å². The van der Waals surface area contributed by atoms with Crippen LogP contribution in [0, 0.1) is 5.92 Å². The Hall–Kier alpha value is -1.39. The number of esters is 2. The van der Waals surface area contributed by atoms with Crippen molar-refractivity contribution < 1.29 is 23.9 Å². The summed E-state index contributed by atoms with van der Waals surface area (Å²) in [6.45, 7) is 2.10. The number of carbonyl (C=O) groups excluding carboxylic acids is 3. The van der Waals surface area contributed by atoms with Gasteiger partial charge >= 0.3 is 11.9 Å². The molecule has 19 heavy (non-hydrogen) atoms. The fraction of sp³-hybridized carbons (Fsp3) is 0.786. The predicted octanol–water partition coefficient (Wildman–Crippen LogP) is 2.02. The number of rotatable bonds is 7. The Morgan fingerprint density at radius 2 is 2.00 bits per heavy atom. The van der Waals surface area contributed by atoms with E-state index in [2.05, 4.69) is 11.7 Å². The molecule has 0 spiro atoms. The highest BCUT2D eigenvalue weighted by Gasteiger charge is 2.36. The van der Waals surface area contributed by atoms with E-state index in [-0.39, 0.29) is 24.2 Å². The summed E-state index contributed by atoms with van der Waals surface area (Å²) in [7, 11) is 1.22. The van der Waals surface area contributed by atoms with Gasteiger partial charge < -0.3 is 9.47 Å². The van der Waals surface area contributed by atoms with Gasteiger partial charge in [-0.2, -0.15) is 0 Å². The van der Waals surface area contributed by atoms with Crippen LogP contribution in [-0.4, -0.2) is 30.9 Å². The van der Waals surface area contributed by atoms with Crippen LogP contribution in [0.15, 0.2) is 0 Å². The molecule has 0 heterocycles. The molecule has 1 aliphatic carbocycles. The molecule has 0 N–H and O–H groups in total. The fourth-order valence-corrected chi connectivity index (χ4v) is 2.38. The van der Waals surface area contributed by atoms with Crippen molar-refractivity contribution in [3.05, 3.63) is 0 Å². The molecule has 108 valence electrons. The molecule has 0 saturated heterocycles. The second-order valence-electron chi connectivity index (χ2n) is 4.89. The number of hydrogen-bond acceptors (Lipinski definition) is 5. The Kier molecular flexibility index (Phi) is 6.53. The molecule has 1 rings (SSSR count). The van der Waals surface area contributed by atoms with Gasteiger partial charge in [-0.3, -0.25) is 14.4 Å². The van der Waals surface area contributed by atoms with Gasteiger partial charge in [-0.1, -0.05) is 26.2 Å². The molecule has 1 fully saturated rings. The van der Waals surface area contributed by atoms with Crippen LogP contribution >= 0.6 is 0 Å². The van der Waals surface area contributed by atoms with Crippen LogP contribution in [-0.2, 0) is 23.9 Å². The number of ether oxygens (including phenoxy) is 2. The van der Waals surface area contributed by atoms with E-state index in [9.17, 15) is 14.4 Å². The Bertz CT molecular complexity index is 337. The van der Waals surface area contributed by atoms with Crippen molar-refractivity contribution in [3.8, 4) is 0 Å². The zero-order valence-electron chi connectivity index (χ0n) is 11.6. The quantitative estimate of drug-likeness (QED) is 0.402. The van der Waals surface area contributed by atoms with Gasteiger partial charge in [-0.15, -0.1) is 0 Å². The van der Waals surface area contributed by atoms with Gasteiger partial charge in [0, 0.05) is 6.42 Å². The monoisotopic (exact) mass is 270 g/mol. The summed E-state index contributed by atoms with van der Waals surface area (Å²) in [6, 6.07) is 0.